The highest BCUT2D eigenvalue weighted by Crippen LogP contribution is 2.16. The number of rotatable bonds is 8. The summed E-state index contributed by atoms with van der Waals surface area (Å²) in [4.78, 5) is 18.1. The molecule has 0 bridgehead atoms. The summed E-state index contributed by atoms with van der Waals surface area (Å²) in [5.41, 5.74) is -0.483. The van der Waals surface area contributed by atoms with E-state index in [0.29, 0.717) is 32.2 Å². The van der Waals surface area contributed by atoms with Crippen LogP contribution in [0.15, 0.2) is 4.99 Å². The van der Waals surface area contributed by atoms with E-state index in [0.717, 1.165) is 32.1 Å². The van der Waals surface area contributed by atoms with Gasteiger partial charge in [-0.05, 0) is 27.2 Å². The van der Waals surface area contributed by atoms with Gasteiger partial charge in [-0.25, -0.2) is 4.79 Å². The van der Waals surface area contributed by atoms with Crippen molar-refractivity contribution in [3.05, 3.63) is 0 Å². The third-order valence-electron chi connectivity index (χ3n) is 3.66. The number of aliphatic imine (C=N–C) groups is 1. The molecule has 0 aromatic heterocycles. The fourth-order valence-corrected chi connectivity index (χ4v) is 2.54. The van der Waals surface area contributed by atoms with E-state index in [9.17, 15) is 4.79 Å². The quantitative estimate of drug-likeness (QED) is 0.384. The van der Waals surface area contributed by atoms with Gasteiger partial charge in [0.1, 0.15) is 5.60 Å². The molecule has 1 heterocycles. The van der Waals surface area contributed by atoms with Crippen LogP contribution >= 0.6 is 0 Å². The molecular formula is C17H34N4O4. The standard InChI is InChI=1S/C17H34N4O4/c1-17(2,3)25-16(22)20-8-7-19-15(18-4)21-9-6-14(12-21)13-24-11-10-23-5/h14H,6-13H2,1-5H3,(H,18,19)(H,20,22). The number of ether oxygens (including phenoxy) is 3. The highest BCUT2D eigenvalue weighted by Gasteiger charge is 2.24. The summed E-state index contributed by atoms with van der Waals surface area (Å²) < 4.78 is 15.8. The molecule has 0 aromatic rings. The van der Waals surface area contributed by atoms with Crippen molar-refractivity contribution in [1.82, 2.24) is 15.5 Å². The van der Waals surface area contributed by atoms with Crippen molar-refractivity contribution in [2.45, 2.75) is 32.8 Å². The molecule has 1 saturated heterocycles. The van der Waals surface area contributed by atoms with Crippen LogP contribution in [0.1, 0.15) is 27.2 Å². The van der Waals surface area contributed by atoms with Gasteiger partial charge >= 0.3 is 6.09 Å². The first-order valence-electron chi connectivity index (χ1n) is 8.85. The summed E-state index contributed by atoms with van der Waals surface area (Å²) in [6.45, 7) is 10.5. The molecule has 1 aliphatic heterocycles. The second-order valence-electron chi connectivity index (χ2n) is 7.07. The molecular weight excluding hydrogens is 324 g/mol. The van der Waals surface area contributed by atoms with E-state index >= 15 is 0 Å². The predicted molar refractivity (Wildman–Crippen MR) is 98.0 cm³/mol. The summed E-state index contributed by atoms with van der Waals surface area (Å²) >= 11 is 0. The zero-order chi connectivity index (χ0) is 18.7. The van der Waals surface area contributed by atoms with Gasteiger partial charge in [0, 0.05) is 46.3 Å². The maximum Gasteiger partial charge on any atom is 0.407 e. The Balaban J connectivity index is 2.21. The molecule has 0 saturated carbocycles. The van der Waals surface area contributed by atoms with Gasteiger partial charge in [0.25, 0.3) is 0 Å². The average molecular weight is 358 g/mol. The molecule has 8 nitrogen and oxygen atoms in total. The Bertz CT molecular complexity index is 423. The monoisotopic (exact) mass is 358 g/mol. The van der Waals surface area contributed by atoms with E-state index in [4.69, 9.17) is 14.2 Å². The number of methoxy groups -OCH3 is 1. The second-order valence-corrected chi connectivity index (χ2v) is 7.07. The lowest BCUT2D eigenvalue weighted by atomic mass is 10.1. The molecule has 1 atom stereocenters. The van der Waals surface area contributed by atoms with Crippen molar-refractivity contribution in [2.75, 3.05) is 60.2 Å². The van der Waals surface area contributed by atoms with E-state index in [-0.39, 0.29) is 0 Å². The van der Waals surface area contributed by atoms with Crippen LogP contribution in [0.5, 0.6) is 0 Å². The van der Waals surface area contributed by atoms with Crippen LogP contribution < -0.4 is 10.6 Å². The first kappa shape index (κ1) is 21.5. The molecule has 1 aliphatic rings. The zero-order valence-corrected chi connectivity index (χ0v) is 16.3. The SMILES string of the molecule is CN=C(NCCNC(=O)OC(C)(C)C)N1CCC(COCCOC)C1. The minimum absolute atomic E-state index is 0.404. The first-order chi connectivity index (χ1) is 11.9. The van der Waals surface area contributed by atoms with Gasteiger partial charge in [0.2, 0.25) is 0 Å². The van der Waals surface area contributed by atoms with Crippen LogP contribution in [-0.4, -0.2) is 82.7 Å². The normalized spacial score (nSPS) is 18.4. The fourth-order valence-electron chi connectivity index (χ4n) is 2.54. The van der Waals surface area contributed by atoms with Crippen molar-refractivity contribution in [1.29, 1.82) is 0 Å². The van der Waals surface area contributed by atoms with Crippen molar-refractivity contribution < 1.29 is 19.0 Å². The van der Waals surface area contributed by atoms with Crippen molar-refractivity contribution in [3.8, 4) is 0 Å². The molecule has 0 aromatic carbocycles. The van der Waals surface area contributed by atoms with Crippen molar-refractivity contribution >= 4 is 12.1 Å². The van der Waals surface area contributed by atoms with Crippen LogP contribution in [-0.2, 0) is 14.2 Å². The fraction of sp³-hybridized carbons (Fsp3) is 0.882. The highest BCUT2D eigenvalue weighted by atomic mass is 16.6. The van der Waals surface area contributed by atoms with Gasteiger partial charge in [0.15, 0.2) is 5.96 Å². The van der Waals surface area contributed by atoms with Crippen molar-refractivity contribution in [3.63, 3.8) is 0 Å². The van der Waals surface area contributed by atoms with Crippen LogP contribution in [0.25, 0.3) is 0 Å². The molecule has 1 fully saturated rings. The minimum atomic E-state index is -0.483. The average Bonchev–Trinajstić information content (AvgIpc) is 2.98. The molecule has 0 spiro atoms. The molecule has 25 heavy (non-hydrogen) atoms. The lowest BCUT2D eigenvalue weighted by Crippen LogP contribution is -2.44. The third-order valence-corrected chi connectivity index (χ3v) is 3.66. The number of alkyl carbamates (subject to hydrolysis) is 1. The lowest BCUT2D eigenvalue weighted by molar-refractivity contribution is 0.0528. The molecule has 0 radical (unpaired) electrons. The van der Waals surface area contributed by atoms with Crippen LogP contribution in [0, 0.1) is 5.92 Å². The summed E-state index contributed by atoms with van der Waals surface area (Å²) in [7, 11) is 3.44. The molecule has 1 unspecified atom stereocenters. The maximum atomic E-state index is 11.6. The van der Waals surface area contributed by atoms with E-state index < -0.39 is 11.7 Å². The number of hydrogen-bond donors (Lipinski definition) is 2. The Hall–Kier alpha value is -1.54. The topological polar surface area (TPSA) is 84.4 Å². The predicted octanol–water partition coefficient (Wildman–Crippen LogP) is 1.07. The molecule has 2 N–H and O–H groups in total. The largest absolute Gasteiger partial charge is 0.444 e. The van der Waals surface area contributed by atoms with Gasteiger partial charge < -0.3 is 29.7 Å². The molecule has 0 aliphatic carbocycles. The minimum Gasteiger partial charge on any atom is -0.444 e. The maximum absolute atomic E-state index is 11.6. The third kappa shape index (κ3) is 9.50. The van der Waals surface area contributed by atoms with Crippen LogP contribution in [0.3, 0.4) is 0 Å². The Morgan fingerprint density at radius 3 is 2.60 bits per heavy atom. The lowest BCUT2D eigenvalue weighted by Gasteiger charge is -2.22. The summed E-state index contributed by atoms with van der Waals surface area (Å²) in [5.74, 6) is 1.36. The van der Waals surface area contributed by atoms with Gasteiger partial charge in [0.05, 0.1) is 19.8 Å². The number of nitrogens with one attached hydrogen (secondary N) is 2. The number of nitrogens with zero attached hydrogens (tertiary/aromatic N) is 2. The number of likely N-dealkylation sites (tertiary alicyclic amines) is 1. The molecule has 1 amide bonds. The number of guanidine groups is 1. The Kier molecular flexibility index (Phi) is 9.59. The summed E-state index contributed by atoms with van der Waals surface area (Å²) in [5, 5.41) is 6.00. The Morgan fingerprint density at radius 2 is 1.96 bits per heavy atom. The van der Waals surface area contributed by atoms with E-state index in [2.05, 4.69) is 20.5 Å². The van der Waals surface area contributed by atoms with E-state index in [1.165, 1.54) is 0 Å². The number of hydrogen-bond acceptors (Lipinski definition) is 5. The van der Waals surface area contributed by atoms with Gasteiger partial charge in [-0.1, -0.05) is 0 Å². The molecule has 146 valence electrons. The summed E-state index contributed by atoms with van der Waals surface area (Å²) in [6.07, 6.45) is 0.683. The van der Waals surface area contributed by atoms with Gasteiger partial charge in [-0.2, -0.15) is 0 Å². The highest BCUT2D eigenvalue weighted by molar-refractivity contribution is 5.80. The number of carbonyl (C=O) groups excluding carboxylic acids is 1. The number of carbonyl (C=O) groups is 1. The zero-order valence-electron chi connectivity index (χ0n) is 16.3. The van der Waals surface area contributed by atoms with Crippen molar-refractivity contribution in [2.24, 2.45) is 10.9 Å². The van der Waals surface area contributed by atoms with Crippen LogP contribution in [0.4, 0.5) is 4.79 Å². The number of amides is 1. The Morgan fingerprint density at radius 1 is 1.24 bits per heavy atom. The second kappa shape index (κ2) is 11.1. The van der Waals surface area contributed by atoms with Crippen LogP contribution in [0.2, 0.25) is 0 Å². The van der Waals surface area contributed by atoms with E-state index in [1.54, 1.807) is 14.2 Å². The first-order valence-corrected chi connectivity index (χ1v) is 8.85. The van der Waals surface area contributed by atoms with E-state index in [1.807, 2.05) is 20.8 Å². The van der Waals surface area contributed by atoms with Gasteiger partial charge in [-0.3, -0.25) is 4.99 Å². The molecule has 8 heteroatoms. The smallest absolute Gasteiger partial charge is 0.407 e. The van der Waals surface area contributed by atoms with Gasteiger partial charge in [-0.15, -0.1) is 0 Å². The Labute approximate surface area is 151 Å². The molecule has 1 rings (SSSR count). The summed E-state index contributed by atoms with van der Waals surface area (Å²) in [6, 6.07) is 0.